The molecule has 3 heterocycles. The predicted molar refractivity (Wildman–Crippen MR) is 113 cm³/mol. The fourth-order valence-corrected chi connectivity index (χ4v) is 4.66. The molecule has 0 bridgehead atoms. The van der Waals surface area contributed by atoms with Gasteiger partial charge in [0.15, 0.2) is 0 Å². The van der Waals surface area contributed by atoms with Gasteiger partial charge in [0.25, 0.3) is 5.91 Å². The molecule has 0 radical (unpaired) electrons. The molecule has 2 aromatic rings. The van der Waals surface area contributed by atoms with Gasteiger partial charge in [-0.15, -0.1) is 0 Å². The summed E-state index contributed by atoms with van der Waals surface area (Å²) < 4.78 is 5.33. The van der Waals surface area contributed by atoms with E-state index in [9.17, 15) is 4.79 Å². The van der Waals surface area contributed by atoms with Crippen LogP contribution < -0.4 is 0 Å². The normalized spacial score (nSPS) is 20.6. The molecule has 3 aliphatic rings. The van der Waals surface area contributed by atoms with Crippen molar-refractivity contribution in [2.75, 3.05) is 39.4 Å². The number of amides is 1. The van der Waals surface area contributed by atoms with Gasteiger partial charge < -0.3 is 9.64 Å². The first kappa shape index (κ1) is 18.8. The van der Waals surface area contributed by atoms with E-state index in [-0.39, 0.29) is 5.91 Å². The molecule has 5 rings (SSSR count). The largest absolute Gasteiger partial charge is 0.378 e. The molecule has 0 N–H and O–H groups in total. The van der Waals surface area contributed by atoms with E-state index in [2.05, 4.69) is 28.1 Å². The maximum Gasteiger partial charge on any atom is 0.255 e. The van der Waals surface area contributed by atoms with E-state index in [4.69, 9.17) is 4.74 Å². The molecule has 1 aromatic heterocycles. The van der Waals surface area contributed by atoms with Crippen molar-refractivity contribution in [1.29, 1.82) is 0 Å². The lowest BCUT2D eigenvalue weighted by Crippen LogP contribution is -2.41. The Balaban J connectivity index is 1.30. The van der Waals surface area contributed by atoms with E-state index in [1.54, 1.807) is 6.20 Å². The van der Waals surface area contributed by atoms with Crippen LogP contribution in [0.15, 0.2) is 36.5 Å². The Morgan fingerprint density at radius 3 is 2.45 bits per heavy atom. The van der Waals surface area contributed by atoms with Gasteiger partial charge in [-0.05, 0) is 55.0 Å². The van der Waals surface area contributed by atoms with Crippen molar-refractivity contribution < 1.29 is 9.53 Å². The Morgan fingerprint density at radius 1 is 0.966 bits per heavy atom. The molecule has 1 aromatic carbocycles. The van der Waals surface area contributed by atoms with Gasteiger partial charge >= 0.3 is 0 Å². The minimum atomic E-state index is 0.0466. The molecule has 0 atom stereocenters. The fourth-order valence-electron chi connectivity index (χ4n) is 4.66. The van der Waals surface area contributed by atoms with E-state index in [1.165, 1.54) is 43.5 Å². The second-order valence-corrected chi connectivity index (χ2v) is 8.44. The molecule has 0 unspecified atom stereocenters. The van der Waals surface area contributed by atoms with Crippen LogP contribution in [-0.2, 0) is 17.6 Å². The van der Waals surface area contributed by atoms with Crippen LogP contribution in [0.4, 0.5) is 0 Å². The third-order valence-corrected chi connectivity index (χ3v) is 6.74. The van der Waals surface area contributed by atoms with Crippen molar-refractivity contribution >= 4 is 5.91 Å². The summed E-state index contributed by atoms with van der Waals surface area (Å²) in [7, 11) is 0. The lowest BCUT2D eigenvalue weighted by Gasteiger charge is -2.36. The van der Waals surface area contributed by atoms with Gasteiger partial charge in [-0.3, -0.25) is 14.7 Å². The summed E-state index contributed by atoms with van der Waals surface area (Å²) in [5.41, 5.74) is 5.67. The van der Waals surface area contributed by atoms with Crippen LogP contribution in [0.1, 0.15) is 40.7 Å². The number of hydrogen-bond donors (Lipinski definition) is 0. The molecule has 2 fully saturated rings. The second kappa shape index (κ2) is 8.25. The third-order valence-electron chi connectivity index (χ3n) is 6.74. The first-order valence-electron chi connectivity index (χ1n) is 11.0. The van der Waals surface area contributed by atoms with Crippen LogP contribution in [0.3, 0.4) is 0 Å². The van der Waals surface area contributed by atoms with E-state index < -0.39 is 0 Å². The molecule has 2 aliphatic heterocycles. The molecular formula is C24H29N3O2. The predicted octanol–water partition coefficient (Wildman–Crippen LogP) is 3.17. The number of carbonyl (C=O) groups excluding carboxylic acids is 1. The zero-order valence-corrected chi connectivity index (χ0v) is 17.0. The van der Waals surface area contributed by atoms with Crippen LogP contribution in [-0.4, -0.2) is 66.1 Å². The number of pyridine rings is 1. The molecule has 5 nitrogen and oxygen atoms in total. The summed E-state index contributed by atoms with van der Waals surface area (Å²) in [5.74, 6) is 0.0466. The number of aromatic nitrogens is 1. The van der Waals surface area contributed by atoms with Crippen molar-refractivity contribution in [2.45, 2.75) is 38.1 Å². The van der Waals surface area contributed by atoms with Crippen molar-refractivity contribution in [2.24, 2.45) is 0 Å². The minimum Gasteiger partial charge on any atom is -0.378 e. The Labute approximate surface area is 172 Å². The minimum absolute atomic E-state index is 0.0466. The van der Waals surface area contributed by atoms with Gasteiger partial charge in [0, 0.05) is 44.0 Å². The lowest BCUT2D eigenvalue weighted by molar-refractivity contribution is 0.0302. The molecule has 29 heavy (non-hydrogen) atoms. The van der Waals surface area contributed by atoms with Crippen LogP contribution in [0.5, 0.6) is 0 Å². The molecule has 152 valence electrons. The second-order valence-electron chi connectivity index (χ2n) is 8.44. The van der Waals surface area contributed by atoms with Crippen molar-refractivity contribution in [3.05, 3.63) is 53.2 Å². The average molecular weight is 392 g/mol. The first-order valence-corrected chi connectivity index (χ1v) is 11.0. The molecule has 5 heteroatoms. The molecule has 1 saturated heterocycles. The Hall–Kier alpha value is -2.24. The number of morpholine rings is 1. The highest BCUT2D eigenvalue weighted by atomic mass is 16.5. The van der Waals surface area contributed by atoms with E-state index in [0.717, 1.165) is 30.1 Å². The summed E-state index contributed by atoms with van der Waals surface area (Å²) in [6.45, 7) is 4.90. The van der Waals surface area contributed by atoms with E-state index in [1.807, 2.05) is 17.0 Å². The summed E-state index contributed by atoms with van der Waals surface area (Å²) in [4.78, 5) is 21.8. The van der Waals surface area contributed by atoms with Gasteiger partial charge in [-0.25, -0.2) is 0 Å². The van der Waals surface area contributed by atoms with Gasteiger partial charge in [-0.2, -0.15) is 0 Å². The SMILES string of the molecule is O=C(c1ccc(-c2ccc3c(c2)CCN(C2CCC2)CC3)nc1)N1CCOCC1. The van der Waals surface area contributed by atoms with Crippen LogP contribution in [0.2, 0.25) is 0 Å². The zero-order chi connectivity index (χ0) is 19.6. The monoisotopic (exact) mass is 391 g/mol. The smallest absolute Gasteiger partial charge is 0.255 e. The van der Waals surface area contributed by atoms with Crippen molar-refractivity contribution in [1.82, 2.24) is 14.8 Å². The van der Waals surface area contributed by atoms with Gasteiger partial charge in [0.05, 0.1) is 24.5 Å². The Bertz CT molecular complexity index is 870. The summed E-state index contributed by atoms with van der Waals surface area (Å²) in [6.07, 6.45) is 8.13. The molecule has 0 spiro atoms. The van der Waals surface area contributed by atoms with Crippen molar-refractivity contribution in [3.63, 3.8) is 0 Å². The maximum absolute atomic E-state index is 12.6. The number of carbonyl (C=O) groups is 1. The van der Waals surface area contributed by atoms with Gasteiger partial charge in [-0.1, -0.05) is 18.6 Å². The number of fused-ring (bicyclic) bond motifs is 1. The molecule has 1 saturated carbocycles. The van der Waals surface area contributed by atoms with E-state index in [0.29, 0.717) is 31.9 Å². The quantitative estimate of drug-likeness (QED) is 0.806. The summed E-state index contributed by atoms with van der Waals surface area (Å²) in [6, 6.07) is 11.5. The Kier molecular flexibility index (Phi) is 5.34. The van der Waals surface area contributed by atoms with Crippen LogP contribution in [0, 0.1) is 0 Å². The van der Waals surface area contributed by atoms with Crippen molar-refractivity contribution in [3.8, 4) is 11.3 Å². The maximum atomic E-state index is 12.6. The number of hydrogen-bond acceptors (Lipinski definition) is 4. The lowest BCUT2D eigenvalue weighted by atomic mass is 9.91. The fraction of sp³-hybridized carbons (Fsp3) is 0.500. The topological polar surface area (TPSA) is 45.7 Å². The molecule has 1 aliphatic carbocycles. The molecule has 1 amide bonds. The van der Waals surface area contributed by atoms with Crippen LogP contribution >= 0.6 is 0 Å². The average Bonchev–Trinajstić information content (AvgIpc) is 2.95. The zero-order valence-electron chi connectivity index (χ0n) is 17.0. The molecular weight excluding hydrogens is 362 g/mol. The highest BCUT2D eigenvalue weighted by molar-refractivity contribution is 5.94. The van der Waals surface area contributed by atoms with E-state index >= 15 is 0 Å². The third kappa shape index (κ3) is 3.94. The number of rotatable bonds is 3. The highest BCUT2D eigenvalue weighted by Crippen LogP contribution is 2.29. The standard InChI is InChI=1S/C24H29N3O2/c28-24(27-12-14-29-15-13-27)21-6-7-23(25-17-21)20-5-4-18-8-10-26(22-2-1-3-22)11-9-19(18)16-20/h4-7,16-17,22H,1-3,8-15H2. The Morgan fingerprint density at radius 2 is 1.76 bits per heavy atom. The number of ether oxygens (including phenoxy) is 1. The first-order chi connectivity index (χ1) is 14.3. The number of benzene rings is 1. The van der Waals surface area contributed by atoms with Crippen LogP contribution in [0.25, 0.3) is 11.3 Å². The highest BCUT2D eigenvalue weighted by Gasteiger charge is 2.26. The van der Waals surface area contributed by atoms with Gasteiger partial charge in [0.1, 0.15) is 0 Å². The number of nitrogens with zero attached hydrogens (tertiary/aromatic N) is 3. The van der Waals surface area contributed by atoms with Gasteiger partial charge in [0.2, 0.25) is 0 Å². The summed E-state index contributed by atoms with van der Waals surface area (Å²) in [5, 5.41) is 0. The summed E-state index contributed by atoms with van der Waals surface area (Å²) >= 11 is 0.